The van der Waals surface area contributed by atoms with Gasteiger partial charge in [0.05, 0.1) is 6.61 Å². The van der Waals surface area contributed by atoms with Gasteiger partial charge in [-0.2, -0.15) is 0 Å². The number of ether oxygens (including phenoxy) is 1. The van der Waals surface area contributed by atoms with Crippen LogP contribution in [-0.4, -0.2) is 18.5 Å². The molecule has 0 aliphatic rings. The molecule has 0 fully saturated rings. The molecule has 0 aromatic rings. The van der Waals surface area contributed by atoms with E-state index in [-0.39, 0.29) is 0 Å². The third kappa shape index (κ3) is 6.71. The van der Waals surface area contributed by atoms with E-state index in [0.29, 0.717) is 18.6 Å². The molecular weight excluding hydrogens is 194 g/mol. The lowest BCUT2D eigenvalue weighted by Gasteiger charge is -2.02. The highest BCUT2D eigenvalue weighted by Gasteiger charge is 2.07. The number of hydrogen-bond acceptors (Lipinski definition) is 3. The smallest absolute Gasteiger partial charge is 0.331 e. The van der Waals surface area contributed by atoms with Gasteiger partial charge in [0.25, 0.3) is 0 Å². The van der Waals surface area contributed by atoms with Crippen LogP contribution in [0.4, 0.5) is 0 Å². The van der Waals surface area contributed by atoms with E-state index in [1.807, 2.05) is 13.8 Å². The number of rotatable bonds is 7. The van der Waals surface area contributed by atoms with Crippen molar-refractivity contribution >= 4 is 11.9 Å². The van der Waals surface area contributed by atoms with Gasteiger partial charge in [0.1, 0.15) is 0 Å². The molecule has 0 radical (unpaired) electrons. The summed E-state index contributed by atoms with van der Waals surface area (Å²) in [7, 11) is 0. The molecule has 4 heteroatoms. The van der Waals surface area contributed by atoms with Gasteiger partial charge in [-0.25, -0.2) is 4.79 Å². The Kier molecular flexibility index (Phi) is 7.32. The zero-order valence-electron chi connectivity index (χ0n) is 9.41. The summed E-state index contributed by atoms with van der Waals surface area (Å²) in [5, 5.41) is 0. The predicted molar refractivity (Wildman–Crippen MR) is 58.1 cm³/mol. The first kappa shape index (κ1) is 13.7. The molecule has 0 spiro atoms. The van der Waals surface area contributed by atoms with E-state index in [2.05, 4.69) is 0 Å². The van der Waals surface area contributed by atoms with Gasteiger partial charge in [0, 0.05) is 11.6 Å². The molecule has 0 aliphatic heterocycles. The molecule has 0 aromatic carbocycles. The van der Waals surface area contributed by atoms with E-state index in [1.165, 1.54) is 6.08 Å². The summed E-state index contributed by atoms with van der Waals surface area (Å²) < 4.78 is 4.83. The second kappa shape index (κ2) is 8.03. The number of esters is 1. The Balaban J connectivity index is 4.26. The largest absolute Gasteiger partial charge is 0.463 e. The van der Waals surface area contributed by atoms with Crippen molar-refractivity contribution in [1.82, 2.24) is 0 Å². The minimum Gasteiger partial charge on any atom is -0.463 e. The number of hydrogen-bond donors (Lipinski definition) is 1. The third-order valence-electron chi connectivity index (χ3n) is 1.86. The van der Waals surface area contributed by atoms with Crippen LogP contribution in [0.5, 0.6) is 0 Å². The summed E-state index contributed by atoms with van der Waals surface area (Å²) in [6, 6.07) is 0. The zero-order valence-corrected chi connectivity index (χ0v) is 9.41. The van der Waals surface area contributed by atoms with Crippen LogP contribution >= 0.6 is 0 Å². The third-order valence-corrected chi connectivity index (χ3v) is 1.86. The van der Waals surface area contributed by atoms with Crippen LogP contribution in [0.15, 0.2) is 11.6 Å². The average molecular weight is 213 g/mol. The minimum atomic E-state index is -0.545. The number of nitrogens with two attached hydrogens (primary N) is 1. The molecule has 1 amide bonds. The molecule has 2 N–H and O–H groups in total. The number of carbonyl (C=O) groups excluding carboxylic acids is 2. The van der Waals surface area contributed by atoms with Gasteiger partial charge in [-0.1, -0.05) is 20.3 Å². The molecular formula is C11H19NO3. The first-order valence-electron chi connectivity index (χ1n) is 5.28. The van der Waals surface area contributed by atoms with Crippen molar-refractivity contribution in [3.63, 3.8) is 0 Å². The van der Waals surface area contributed by atoms with Crippen LogP contribution in [0.25, 0.3) is 0 Å². The predicted octanol–water partition coefficient (Wildman–Crippen LogP) is 1.54. The van der Waals surface area contributed by atoms with Gasteiger partial charge < -0.3 is 10.5 Å². The molecule has 0 bridgehead atoms. The maximum atomic E-state index is 11.2. The van der Waals surface area contributed by atoms with E-state index < -0.39 is 11.9 Å². The van der Waals surface area contributed by atoms with Crippen LogP contribution in [0.1, 0.15) is 39.5 Å². The Morgan fingerprint density at radius 2 is 1.93 bits per heavy atom. The highest BCUT2D eigenvalue weighted by atomic mass is 16.5. The molecule has 86 valence electrons. The summed E-state index contributed by atoms with van der Waals surface area (Å²) in [4.78, 5) is 22.1. The SMILES string of the molecule is CCCC/C(=C/C(=O)OCCC)C(N)=O. The van der Waals surface area contributed by atoms with E-state index in [9.17, 15) is 9.59 Å². The maximum Gasteiger partial charge on any atom is 0.331 e. The first-order chi connectivity index (χ1) is 7.11. The fraction of sp³-hybridized carbons (Fsp3) is 0.636. The monoisotopic (exact) mass is 213 g/mol. The Morgan fingerprint density at radius 3 is 2.40 bits per heavy atom. The van der Waals surface area contributed by atoms with Crippen LogP contribution in [0, 0.1) is 0 Å². The molecule has 4 nitrogen and oxygen atoms in total. The highest BCUT2D eigenvalue weighted by molar-refractivity contribution is 5.98. The fourth-order valence-corrected chi connectivity index (χ4v) is 1.02. The molecule has 0 unspecified atom stereocenters. The average Bonchev–Trinajstić information content (AvgIpc) is 2.20. The Bertz CT molecular complexity index is 246. The molecule has 0 aromatic heterocycles. The second-order valence-electron chi connectivity index (χ2n) is 3.30. The molecule has 0 saturated heterocycles. The van der Waals surface area contributed by atoms with Gasteiger partial charge in [-0.15, -0.1) is 0 Å². The fourth-order valence-electron chi connectivity index (χ4n) is 1.02. The number of carbonyl (C=O) groups is 2. The topological polar surface area (TPSA) is 69.4 Å². The summed E-state index contributed by atoms with van der Waals surface area (Å²) in [6.45, 7) is 4.28. The summed E-state index contributed by atoms with van der Waals surface area (Å²) in [6.07, 6.45) is 4.30. The number of amides is 1. The van der Waals surface area contributed by atoms with Crippen LogP contribution in [-0.2, 0) is 14.3 Å². The minimum absolute atomic E-state index is 0.345. The normalized spacial score (nSPS) is 11.2. The van der Waals surface area contributed by atoms with Crippen molar-refractivity contribution in [1.29, 1.82) is 0 Å². The van der Waals surface area contributed by atoms with Gasteiger partial charge in [-0.3, -0.25) is 4.79 Å². The van der Waals surface area contributed by atoms with Gasteiger partial charge >= 0.3 is 5.97 Å². The summed E-state index contributed by atoms with van der Waals surface area (Å²) in [5.41, 5.74) is 5.48. The van der Waals surface area contributed by atoms with Crippen molar-refractivity contribution in [2.45, 2.75) is 39.5 Å². The molecule has 0 saturated carbocycles. The van der Waals surface area contributed by atoms with Crippen LogP contribution in [0.3, 0.4) is 0 Å². The van der Waals surface area contributed by atoms with Crippen molar-refractivity contribution in [2.75, 3.05) is 6.61 Å². The summed E-state index contributed by atoms with van der Waals surface area (Å²) >= 11 is 0. The highest BCUT2D eigenvalue weighted by Crippen LogP contribution is 2.07. The Morgan fingerprint density at radius 1 is 1.27 bits per heavy atom. The van der Waals surface area contributed by atoms with Crippen molar-refractivity contribution in [2.24, 2.45) is 5.73 Å². The van der Waals surface area contributed by atoms with Gasteiger partial charge in [0.2, 0.25) is 5.91 Å². The lowest BCUT2D eigenvalue weighted by Crippen LogP contribution is -2.16. The Labute approximate surface area is 90.5 Å². The van der Waals surface area contributed by atoms with Crippen molar-refractivity contribution in [3.05, 3.63) is 11.6 Å². The molecule has 0 atom stereocenters. The lowest BCUT2D eigenvalue weighted by atomic mass is 10.1. The van der Waals surface area contributed by atoms with E-state index >= 15 is 0 Å². The number of unbranched alkanes of at least 4 members (excludes halogenated alkanes) is 1. The van der Waals surface area contributed by atoms with Gasteiger partial charge in [0.15, 0.2) is 0 Å². The van der Waals surface area contributed by atoms with Crippen molar-refractivity contribution in [3.8, 4) is 0 Å². The summed E-state index contributed by atoms with van der Waals surface area (Å²) in [5.74, 6) is -1.03. The van der Waals surface area contributed by atoms with E-state index in [4.69, 9.17) is 10.5 Å². The molecule has 0 aliphatic carbocycles. The van der Waals surface area contributed by atoms with Gasteiger partial charge in [-0.05, 0) is 19.3 Å². The lowest BCUT2D eigenvalue weighted by molar-refractivity contribution is -0.138. The zero-order chi connectivity index (χ0) is 11.7. The molecule has 15 heavy (non-hydrogen) atoms. The Hall–Kier alpha value is -1.32. The maximum absolute atomic E-state index is 11.2. The van der Waals surface area contributed by atoms with Crippen LogP contribution in [0.2, 0.25) is 0 Å². The standard InChI is InChI=1S/C11H19NO3/c1-3-5-6-9(11(12)14)8-10(13)15-7-4-2/h8H,3-7H2,1-2H3,(H2,12,14)/b9-8-. The quantitative estimate of drug-likeness (QED) is 0.515. The first-order valence-corrected chi connectivity index (χ1v) is 5.28. The van der Waals surface area contributed by atoms with Crippen molar-refractivity contribution < 1.29 is 14.3 Å². The molecule has 0 heterocycles. The second-order valence-corrected chi connectivity index (χ2v) is 3.30. The van der Waals surface area contributed by atoms with E-state index in [1.54, 1.807) is 0 Å². The van der Waals surface area contributed by atoms with Crippen LogP contribution < -0.4 is 5.73 Å². The molecule has 0 rings (SSSR count). The number of primary amides is 1. The van der Waals surface area contributed by atoms with E-state index in [0.717, 1.165) is 19.3 Å².